The van der Waals surface area contributed by atoms with E-state index in [1.54, 1.807) is 25.3 Å². The van der Waals surface area contributed by atoms with Gasteiger partial charge in [-0.05, 0) is 55.4 Å². The first kappa shape index (κ1) is 21.8. The molecule has 4 atom stereocenters. The molecule has 0 radical (unpaired) electrons. The summed E-state index contributed by atoms with van der Waals surface area (Å²) in [6.07, 6.45) is 2.86. The summed E-state index contributed by atoms with van der Waals surface area (Å²) in [4.78, 5) is 25.8. The van der Waals surface area contributed by atoms with Gasteiger partial charge in [-0.1, -0.05) is 12.1 Å². The summed E-state index contributed by atoms with van der Waals surface area (Å²) in [5, 5.41) is 10.9. The molecule has 7 nitrogen and oxygen atoms in total. The van der Waals surface area contributed by atoms with Gasteiger partial charge in [-0.15, -0.1) is 0 Å². The van der Waals surface area contributed by atoms with Crippen LogP contribution in [0.2, 0.25) is 0 Å². The molecule has 0 N–H and O–H groups in total. The van der Waals surface area contributed by atoms with Crippen molar-refractivity contribution in [2.75, 3.05) is 14.2 Å². The number of nitrogens with zero attached hydrogens (tertiary/aromatic N) is 2. The Hall–Kier alpha value is -3.00. The quantitative estimate of drug-likeness (QED) is 0.453. The number of Topliss-reactive ketones (excluding diaryl/α,β-unsaturated/α-hetero) is 1. The number of fused-ring (bicyclic) bond motifs is 3. The predicted molar refractivity (Wildman–Crippen MR) is 120 cm³/mol. The largest absolute Gasteiger partial charge is 0.493 e. The predicted octanol–water partition coefficient (Wildman–Crippen LogP) is 4.50. The molecule has 0 aromatic heterocycles. The zero-order valence-electron chi connectivity index (χ0n) is 18.8. The Balaban J connectivity index is 1.31. The summed E-state index contributed by atoms with van der Waals surface area (Å²) in [6, 6.07) is 9.91. The number of rotatable bonds is 7. The molecule has 2 saturated heterocycles. The van der Waals surface area contributed by atoms with Gasteiger partial charge >= 0.3 is 0 Å². The highest BCUT2D eigenvalue weighted by atomic mass is 19.1. The maximum Gasteiger partial charge on any atom is 0.269 e. The number of nitro benzene ring substituents is 1. The number of nitro groups is 1. The van der Waals surface area contributed by atoms with Crippen LogP contribution < -0.4 is 9.47 Å². The SMILES string of the molecule is COc1cc2c(cc1OC)C(=O)C(CC1(F)CC3CCC1N3Cc1ccc([N+](=O)[O-])cc1)C2. The number of ketones is 1. The second kappa shape index (κ2) is 8.09. The van der Waals surface area contributed by atoms with E-state index in [0.717, 1.165) is 24.0 Å². The Morgan fingerprint density at radius 3 is 2.52 bits per heavy atom. The van der Waals surface area contributed by atoms with Crippen LogP contribution in [-0.4, -0.2) is 47.6 Å². The van der Waals surface area contributed by atoms with Crippen LogP contribution in [0.25, 0.3) is 0 Å². The smallest absolute Gasteiger partial charge is 0.269 e. The molecule has 0 amide bonds. The molecule has 2 aromatic carbocycles. The first-order chi connectivity index (χ1) is 15.8. The van der Waals surface area contributed by atoms with Gasteiger partial charge in [0.15, 0.2) is 17.3 Å². The van der Waals surface area contributed by atoms with E-state index in [1.165, 1.54) is 19.2 Å². The fourth-order valence-corrected chi connectivity index (χ4v) is 6.10. The molecule has 4 unspecified atom stereocenters. The van der Waals surface area contributed by atoms with Crippen molar-refractivity contribution in [3.05, 3.63) is 63.2 Å². The van der Waals surface area contributed by atoms with Crippen LogP contribution in [0.4, 0.5) is 10.1 Å². The van der Waals surface area contributed by atoms with Crippen LogP contribution in [0.1, 0.15) is 47.2 Å². The van der Waals surface area contributed by atoms with E-state index in [4.69, 9.17) is 9.47 Å². The van der Waals surface area contributed by atoms with Crippen LogP contribution in [0.15, 0.2) is 36.4 Å². The summed E-state index contributed by atoms with van der Waals surface area (Å²) in [6.45, 7) is 0.562. The highest BCUT2D eigenvalue weighted by Gasteiger charge is 2.57. The molecule has 174 valence electrons. The molecule has 0 saturated carbocycles. The van der Waals surface area contributed by atoms with Gasteiger partial charge in [0.05, 0.1) is 19.1 Å². The zero-order chi connectivity index (χ0) is 23.3. The van der Waals surface area contributed by atoms with Gasteiger partial charge in [0.1, 0.15) is 5.67 Å². The number of halogens is 1. The first-order valence-electron chi connectivity index (χ1n) is 11.3. The molecule has 0 spiro atoms. The normalized spacial score (nSPS) is 28.2. The van der Waals surface area contributed by atoms with E-state index in [2.05, 4.69) is 4.90 Å². The minimum atomic E-state index is -1.42. The number of hydrogen-bond acceptors (Lipinski definition) is 6. The van der Waals surface area contributed by atoms with Crippen LogP contribution in [0, 0.1) is 16.0 Å². The van der Waals surface area contributed by atoms with Crippen LogP contribution >= 0.6 is 0 Å². The van der Waals surface area contributed by atoms with Gasteiger partial charge < -0.3 is 9.47 Å². The number of methoxy groups -OCH3 is 2. The Morgan fingerprint density at radius 1 is 1.15 bits per heavy atom. The Labute approximate surface area is 191 Å². The van der Waals surface area contributed by atoms with Gasteiger partial charge in [-0.2, -0.15) is 0 Å². The van der Waals surface area contributed by atoms with E-state index in [0.29, 0.717) is 36.4 Å². The Bertz CT molecular complexity index is 1100. The Kier molecular flexibility index (Phi) is 5.35. The fraction of sp³-hybridized carbons (Fsp3) is 0.480. The van der Waals surface area contributed by atoms with E-state index < -0.39 is 10.6 Å². The third kappa shape index (κ3) is 3.66. The van der Waals surface area contributed by atoms with Crippen molar-refractivity contribution < 1.29 is 23.6 Å². The minimum Gasteiger partial charge on any atom is -0.493 e. The minimum absolute atomic E-state index is 0.0207. The average molecular weight is 454 g/mol. The molecule has 3 aliphatic rings. The van der Waals surface area contributed by atoms with Crippen molar-refractivity contribution in [3.63, 3.8) is 0 Å². The topological polar surface area (TPSA) is 81.9 Å². The van der Waals surface area contributed by atoms with Crippen LogP contribution in [0.5, 0.6) is 11.5 Å². The number of alkyl halides is 1. The van der Waals surface area contributed by atoms with E-state index in [-0.39, 0.29) is 35.9 Å². The first-order valence-corrected chi connectivity index (χ1v) is 11.3. The maximum atomic E-state index is 16.3. The molecule has 2 bridgehead atoms. The van der Waals surface area contributed by atoms with Crippen LogP contribution in [0.3, 0.4) is 0 Å². The molecule has 5 rings (SSSR count). The number of benzene rings is 2. The molecular weight excluding hydrogens is 427 g/mol. The van der Waals surface area contributed by atoms with Gasteiger partial charge in [0.2, 0.25) is 0 Å². The van der Waals surface area contributed by atoms with Gasteiger partial charge in [-0.25, -0.2) is 4.39 Å². The lowest BCUT2D eigenvalue weighted by Crippen LogP contribution is -2.41. The lowest BCUT2D eigenvalue weighted by molar-refractivity contribution is -0.384. The summed E-state index contributed by atoms with van der Waals surface area (Å²) < 4.78 is 27.0. The maximum absolute atomic E-state index is 16.3. The lowest BCUT2D eigenvalue weighted by atomic mass is 9.79. The van der Waals surface area contributed by atoms with E-state index in [1.807, 2.05) is 6.07 Å². The third-order valence-corrected chi connectivity index (χ3v) is 7.62. The van der Waals surface area contributed by atoms with Crippen molar-refractivity contribution >= 4 is 11.5 Å². The van der Waals surface area contributed by atoms with Gasteiger partial charge in [0.25, 0.3) is 5.69 Å². The van der Waals surface area contributed by atoms with Crippen molar-refractivity contribution in [2.24, 2.45) is 5.92 Å². The number of carbonyl (C=O) groups excluding carboxylic acids is 1. The highest BCUT2D eigenvalue weighted by molar-refractivity contribution is 6.03. The number of ether oxygens (including phenoxy) is 2. The van der Waals surface area contributed by atoms with Crippen molar-refractivity contribution in [2.45, 2.75) is 56.4 Å². The molecule has 2 fully saturated rings. The monoisotopic (exact) mass is 454 g/mol. The summed E-state index contributed by atoms with van der Waals surface area (Å²) in [5.41, 5.74) is 1.06. The molecular formula is C25H27FN2O5. The van der Waals surface area contributed by atoms with E-state index in [9.17, 15) is 14.9 Å². The average Bonchev–Trinajstić information content (AvgIpc) is 3.41. The number of hydrogen-bond donors (Lipinski definition) is 0. The summed E-state index contributed by atoms with van der Waals surface area (Å²) in [5.74, 6) is 0.679. The van der Waals surface area contributed by atoms with E-state index >= 15 is 4.39 Å². The molecule has 2 heterocycles. The molecule has 8 heteroatoms. The third-order valence-electron chi connectivity index (χ3n) is 7.62. The second-order valence-electron chi connectivity index (χ2n) is 9.42. The van der Waals surface area contributed by atoms with Crippen molar-refractivity contribution in [1.29, 1.82) is 0 Å². The second-order valence-corrected chi connectivity index (χ2v) is 9.42. The molecule has 2 aromatic rings. The molecule has 33 heavy (non-hydrogen) atoms. The highest BCUT2D eigenvalue weighted by Crippen LogP contribution is 2.51. The molecule has 1 aliphatic carbocycles. The van der Waals surface area contributed by atoms with Crippen molar-refractivity contribution in [3.8, 4) is 11.5 Å². The van der Waals surface area contributed by atoms with Gasteiger partial charge in [0, 0.05) is 42.2 Å². The lowest BCUT2D eigenvalue weighted by Gasteiger charge is -2.32. The molecule has 2 aliphatic heterocycles. The van der Waals surface area contributed by atoms with Crippen LogP contribution in [-0.2, 0) is 13.0 Å². The summed E-state index contributed by atoms with van der Waals surface area (Å²) in [7, 11) is 3.09. The zero-order valence-corrected chi connectivity index (χ0v) is 18.8. The Morgan fingerprint density at radius 2 is 1.85 bits per heavy atom. The van der Waals surface area contributed by atoms with Gasteiger partial charge in [-0.3, -0.25) is 19.8 Å². The fourth-order valence-electron chi connectivity index (χ4n) is 6.10. The summed E-state index contributed by atoms with van der Waals surface area (Å²) >= 11 is 0. The van der Waals surface area contributed by atoms with Crippen molar-refractivity contribution in [1.82, 2.24) is 4.90 Å². The number of carbonyl (C=O) groups is 1. The standard InChI is InChI=1S/C25H27FN2O5/c1-32-21-10-16-9-17(24(29)20(16)11-22(21)33-2)12-25(26)13-19-7-8-23(25)27(19)14-15-3-5-18(6-4-15)28(30)31/h3-6,10-11,17,19,23H,7-9,12-14H2,1-2H3. The number of non-ortho nitro benzene ring substituents is 1.